The minimum absolute atomic E-state index is 0.960. The maximum Gasteiger partial charge on any atom is 0.149 e. The molecule has 0 aliphatic heterocycles. The van der Waals surface area contributed by atoms with Crippen molar-refractivity contribution in [2.45, 2.75) is 0 Å². The first-order valence-corrected chi connectivity index (χ1v) is 18.2. The Labute approximate surface area is 303 Å². The number of nitrogens with zero attached hydrogens (tertiary/aromatic N) is 4. The largest absolute Gasteiger partial charge is 0.308 e. The van der Waals surface area contributed by atoms with Gasteiger partial charge in [-0.25, -0.2) is 4.98 Å². The minimum atomic E-state index is 0.960. The molecule has 53 heavy (non-hydrogen) atoms. The number of hydrogen-bond donors (Lipinski definition) is 0. The van der Waals surface area contributed by atoms with Crippen LogP contribution in [0.25, 0.3) is 116 Å². The van der Waals surface area contributed by atoms with Gasteiger partial charge in [0.05, 0.1) is 38.7 Å². The molecule has 4 heterocycles. The molecular weight excluding hydrogens is 645 g/mol. The average molecular weight is 673 g/mol. The lowest BCUT2D eigenvalue weighted by Gasteiger charge is -2.16. The van der Waals surface area contributed by atoms with Gasteiger partial charge in [-0.3, -0.25) is 8.97 Å². The molecule has 244 valence electrons. The van der Waals surface area contributed by atoms with Crippen LogP contribution in [0.3, 0.4) is 0 Å². The number of pyridine rings is 1. The number of hydrogen-bond acceptors (Lipinski definition) is 1. The van der Waals surface area contributed by atoms with E-state index in [4.69, 9.17) is 4.98 Å². The first kappa shape index (κ1) is 27.5. The first-order valence-electron chi connectivity index (χ1n) is 18.2. The van der Waals surface area contributed by atoms with E-state index in [1.54, 1.807) is 0 Å². The van der Waals surface area contributed by atoms with E-state index in [-0.39, 0.29) is 0 Å². The number of rotatable bonds is 2. The lowest BCUT2D eigenvalue weighted by molar-refractivity contribution is 1.11. The third-order valence-electron chi connectivity index (χ3n) is 11.7. The second-order valence-electron chi connectivity index (χ2n) is 14.3. The van der Waals surface area contributed by atoms with E-state index < -0.39 is 0 Å². The zero-order valence-electron chi connectivity index (χ0n) is 28.5. The molecule has 0 spiro atoms. The van der Waals surface area contributed by atoms with E-state index in [9.17, 15) is 0 Å². The van der Waals surface area contributed by atoms with Crippen LogP contribution in [0.2, 0.25) is 0 Å². The van der Waals surface area contributed by atoms with Crippen LogP contribution in [0.5, 0.6) is 0 Å². The Morgan fingerprint density at radius 1 is 0.358 bits per heavy atom. The van der Waals surface area contributed by atoms with Crippen molar-refractivity contribution in [3.8, 4) is 33.6 Å². The van der Waals surface area contributed by atoms with Gasteiger partial charge in [-0.05, 0) is 75.5 Å². The smallest absolute Gasteiger partial charge is 0.149 e. The Hall–Kier alpha value is -7.17. The van der Waals surface area contributed by atoms with Gasteiger partial charge >= 0.3 is 0 Å². The van der Waals surface area contributed by atoms with Gasteiger partial charge < -0.3 is 4.57 Å². The van der Waals surface area contributed by atoms with Crippen molar-refractivity contribution < 1.29 is 0 Å². The molecule has 0 N–H and O–H groups in total. The van der Waals surface area contributed by atoms with Gasteiger partial charge in [0.1, 0.15) is 11.3 Å². The Balaban J connectivity index is 1.30. The lowest BCUT2D eigenvalue weighted by Crippen LogP contribution is -2.01. The molecule has 4 aromatic heterocycles. The molecule has 0 radical (unpaired) electrons. The molecule has 4 heteroatoms. The Kier molecular flexibility index (Phi) is 5.08. The van der Waals surface area contributed by atoms with Crippen LogP contribution >= 0.6 is 0 Å². The second kappa shape index (κ2) is 9.78. The topological polar surface area (TPSA) is 27.2 Å². The molecule has 0 fully saturated rings. The van der Waals surface area contributed by atoms with Crippen LogP contribution in [0.15, 0.2) is 170 Å². The highest BCUT2D eigenvalue weighted by atomic mass is 15.1. The zero-order valence-corrected chi connectivity index (χ0v) is 28.5. The zero-order chi connectivity index (χ0) is 34.4. The van der Waals surface area contributed by atoms with Crippen LogP contribution in [0.4, 0.5) is 0 Å². The lowest BCUT2D eigenvalue weighted by atomic mass is 10.0. The molecule has 0 saturated heterocycles. The highest BCUT2D eigenvalue weighted by molar-refractivity contribution is 6.31. The third kappa shape index (κ3) is 3.34. The number of aromatic nitrogens is 4. The number of para-hydroxylation sites is 5. The van der Waals surface area contributed by atoms with Gasteiger partial charge in [0.25, 0.3) is 0 Å². The molecule has 0 unspecified atom stereocenters. The summed E-state index contributed by atoms with van der Waals surface area (Å²) in [7, 11) is 0. The van der Waals surface area contributed by atoms with Crippen LogP contribution in [-0.2, 0) is 0 Å². The molecule has 0 atom stereocenters. The number of fused-ring (bicyclic) bond motifs is 17. The molecule has 4 nitrogen and oxygen atoms in total. The summed E-state index contributed by atoms with van der Waals surface area (Å²) in [5.74, 6) is 0. The maximum atomic E-state index is 5.52. The van der Waals surface area contributed by atoms with Gasteiger partial charge in [-0.1, -0.05) is 127 Å². The number of benzene rings is 8. The van der Waals surface area contributed by atoms with Crippen molar-refractivity contribution in [1.82, 2.24) is 18.5 Å². The fraction of sp³-hybridized carbons (Fsp3) is 0. The van der Waals surface area contributed by atoms with Crippen LogP contribution in [-0.4, -0.2) is 18.5 Å². The summed E-state index contributed by atoms with van der Waals surface area (Å²) in [4.78, 5) is 5.52. The van der Waals surface area contributed by atoms with Gasteiger partial charge in [-0.15, -0.1) is 0 Å². The monoisotopic (exact) mass is 672 g/mol. The van der Waals surface area contributed by atoms with Gasteiger partial charge in [0.2, 0.25) is 0 Å². The predicted molar refractivity (Wildman–Crippen MR) is 221 cm³/mol. The van der Waals surface area contributed by atoms with Crippen molar-refractivity contribution in [1.29, 1.82) is 0 Å². The van der Waals surface area contributed by atoms with Crippen molar-refractivity contribution in [2.75, 3.05) is 0 Å². The van der Waals surface area contributed by atoms with E-state index >= 15 is 0 Å². The summed E-state index contributed by atoms with van der Waals surface area (Å²) in [6.07, 6.45) is 0. The van der Waals surface area contributed by atoms with Crippen LogP contribution in [0, 0.1) is 0 Å². The molecule has 1 aliphatic carbocycles. The van der Waals surface area contributed by atoms with Crippen LogP contribution < -0.4 is 0 Å². The molecule has 1 aliphatic rings. The van der Waals surface area contributed by atoms with E-state index in [2.05, 4.69) is 183 Å². The van der Waals surface area contributed by atoms with Gasteiger partial charge in [0, 0.05) is 32.6 Å². The molecule has 12 aromatic rings. The van der Waals surface area contributed by atoms with Gasteiger partial charge in [0.15, 0.2) is 0 Å². The summed E-state index contributed by atoms with van der Waals surface area (Å²) in [6.45, 7) is 0. The Morgan fingerprint density at radius 3 is 1.81 bits per heavy atom. The van der Waals surface area contributed by atoms with E-state index in [1.165, 1.54) is 82.2 Å². The summed E-state index contributed by atoms with van der Waals surface area (Å²) >= 11 is 0. The molecule has 13 rings (SSSR count). The van der Waals surface area contributed by atoms with E-state index in [0.29, 0.717) is 0 Å². The Bertz CT molecular complexity index is 3530. The summed E-state index contributed by atoms with van der Waals surface area (Å²) in [6, 6.07) is 62.1. The van der Waals surface area contributed by atoms with E-state index in [0.717, 1.165) is 33.4 Å². The highest BCUT2D eigenvalue weighted by Gasteiger charge is 2.27. The maximum absolute atomic E-state index is 5.52. The predicted octanol–water partition coefficient (Wildman–Crippen LogP) is 12.6. The van der Waals surface area contributed by atoms with Crippen LogP contribution in [0.1, 0.15) is 0 Å². The van der Waals surface area contributed by atoms with Crippen molar-refractivity contribution in [3.05, 3.63) is 170 Å². The minimum Gasteiger partial charge on any atom is -0.308 e. The quantitative estimate of drug-likeness (QED) is 0.180. The third-order valence-corrected chi connectivity index (χ3v) is 11.7. The molecule has 0 amide bonds. The number of imidazole rings is 1. The van der Waals surface area contributed by atoms with Crippen molar-refractivity contribution in [2.24, 2.45) is 0 Å². The van der Waals surface area contributed by atoms with Crippen molar-refractivity contribution >= 4 is 82.0 Å². The first-order chi connectivity index (χ1) is 26.3. The highest BCUT2D eigenvalue weighted by Crippen LogP contribution is 2.50. The average Bonchev–Trinajstić information content (AvgIpc) is 3.96. The normalized spacial score (nSPS) is 12.5. The second-order valence-corrected chi connectivity index (χ2v) is 14.3. The molecule has 0 bridgehead atoms. The standard InChI is InChI=1S/C49H28N4/c1-2-13-29(14-3-1)51-41-23-10-7-18-37(41)45-38-26-25-35-32-17-6-9-22-40(32)52(47(35)46(38)48-50-39-21-8-11-24-43(39)53(48)49(45)51)42-28-27-34-31-16-5-4-15-30(31)33-19-12-20-36(42)44(33)34/h1-28H. The fourth-order valence-electron chi connectivity index (χ4n) is 9.68. The summed E-state index contributed by atoms with van der Waals surface area (Å²) < 4.78 is 7.37. The summed E-state index contributed by atoms with van der Waals surface area (Å²) in [5.41, 5.74) is 15.2. The molecule has 8 aromatic carbocycles. The summed E-state index contributed by atoms with van der Waals surface area (Å²) in [5, 5.41) is 9.83. The van der Waals surface area contributed by atoms with Gasteiger partial charge in [-0.2, -0.15) is 0 Å². The Morgan fingerprint density at radius 2 is 0.981 bits per heavy atom. The van der Waals surface area contributed by atoms with Crippen molar-refractivity contribution in [3.63, 3.8) is 0 Å². The molecule has 0 saturated carbocycles. The van der Waals surface area contributed by atoms with E-state index in [1.807, 2.05) is 0 Å². The fourth-order valence-corrected chi connectivity index (χ4v) is 9.68. The molecular formula is C49H28N4. The SMILES string of the molecule is c1ccc(-n2c3ccccc3c3c4ccc5c6ccccc6n(-c6ccc7c8c(cccc68)-c6ccccc6-7)c5c4c4nc5ccccc5n4c32)cc1.